The number of aromatic nitrogens is 1. The SMILES string of the molecule is CCC1(CC)CCN(c2nccc(C)c2C(N)=S)CC1. The van der Waals surface area contributed by atoms with Crippen LogP contribution in [0.4, 0.5) is 5.82 Å². The predicted molar refractivity (Wildman–Crippen MR) is 89.3 cm³/mol. The summed E-state index contributed by atoms with van der Waals surface area (Å²) in [6.45, 7) is 8.77. The molecule has 1 aliphatic rings. The van der Waals surface area contributed by atoms with E-state index in [-0.39, 0.29) is 0 Å². The number of pyridine rings is 1. The van der Waals surface area contributed by atoms with E-state index in [1.807, 2.05) is 19.2 Å². The minimum absolute atomic E-state index is 0.452. The Labute approximate surface area is 127 Å². The van der Waals surface area contributed by atoms with Crippen LogP contribution in [0.25, 0.3) is 0 Å². The molecule has 4 heteroatoms. The van der Waals surface area contributed by atoms with Crippen molar-refractivity contribution >= 4 is 23.0 Å². The third kappa shape index (κ3) is 2.80. The molecule has 0 saturated carbocycles. The summed E-state index contributed by atoms with van der Waals surface area (Å²) in [6, 6.07) is 1.98. The molecule has 0 unspecified atom stereocenters. The monoisotopic (exact) mass is 291 g/mol. The normalized spacial score (nSPS) is 18.1. The van der Waals surface area contributed by atoms with Crippen LogP contribution in [0.2, 0.25) is 0 Å². The van der Waals surface area contributed by atoms with Crippen LogP contribution in [0.3, 0.4) is 0 Å². The van der Waals surface area contributed by atoms with Crippen molar-refractivity contribution in [2.24, 2.45) is 11.1 Å². The number of nitrogens with two attached hydrogens (primary N) is 1. The number of hydrogen-bond donors (Lipinski definition) is 1. The highest BCUT2D eigenvalue weighted by atomic mass is 32.1. The lowest BCUT2D eigenvalue weighted by Gasteiger charge is -2.42. The lowest BCUT2D eigenvalue weighted by molar-refractivity contribution is 0.199. The van der Waals surface area contributed by atoms with Gasteiger partial charge in [-0.1, -0.05) is 38.9 Å². The number of piperidine rings is 1. The lowest BCUT2D eigenvalue weighted by atomic mass is 9.74. The third-order valence-corrected chi connectivity index (χ3v) is 5.21. The van der Waals surface area contributed by atoms with E-state index in [9.17, 15) is 0 Å². The van der Waals surface area contributed by atoms with E-state index >= 15 is 0 Å². The van der Waals surface area contributed by atoms with Crippen molar-refractivity contribution < 1.29 is 0 Å². The van der Waals surface area contributed by atoms with E-state index < -0.39 is 0 Å². The number of nitrogens with zero attached hydrogens (tertiary/aromatic N) is 2. The van der Waals surface area contributed by atoms with E-state index in [0.29, 0.717) is 10.4 Å². The molecule has 2 N–H and O–H groups in total. The van der Waals surface area contributed by atoms with Gasteiger partial charge in [0.1, 0.15) is 10.8 Å². The zero-order valence-electron chi connectivity index (χ0n) is 12.8. The molecule has 110 valence electrons. The largest absolute Gasteiger partial charge is 0.389 e. The molecule has 1 saturated heterocycles. The molecule has 20 heavy (non-hydrogen) atoms. The molecule has 0 aliphatic carbocycles. The molecule has 1 fully saturated rings. The average Bonchev–Trinajstić information content (AvgIpc) is 2.46. The van der Waals surface area contributed by atoms with Crippen LogP contribution in [0, 0.1) is 12.3 Å². The van der Waals surface area contributed by atoms with Crippen LogP contribution in [-0.2, 0) is 0 Å². The van der Waals surface area contributed by atoms with Crippen molar-refractivity contribution in [1.29, 1.82) is 0 Å². The van der Waals surface area contributed by atoms with Crippen LogP contribution in [-0.4, -0.2) is 23.1 Å². The molecule has 0 amide bonds. The van der Waals surface area contributed by atoms with Gasteiger partial charge >= 0.3 is 0 Å². The van der Waals surface area contributed by atoms with E-state index in [1.54, 1.807) is 0 Å². The van der Waals surface area contributed by atoms with Gasteiger partial charge in [-0.3, -0.25) is 0 Å². The van der Waals surface area contributed by atoms with E-state index in [1.165, 1.54) is 25.7 Å². The molecular formula is C16H25N3S. The number of hydrogen-bond acceptors (Lipinski definition) is 3. The van der Waals surface area contributed by atoms with Crippen LogP contribution in [0.15, 0.2) is 12.3 Å². The molecule has 0 spiro atoms. The Morgan fingerprint density at radius 1 is 1.35 bits per heavy atom. The molecule has 3 nitrogen and oxygen atoms in total. The highest BCUT2D eigenvalue weighted by Gasteiger charge is 2.32. The standard InChI is InChI=1S/C16H25N3S/c1-4-16(5-2)7-10-19(11-8-16)15-13(14(17)20)12(3)6-9-18-15/h6,9H,4-5,7-8,10-11H2,1-3H3,(H2,17,20). The zero-order valence-corrected chi connectivity index (χ0v) is 13.6. The summed E-state index contributed by atoms with van der Waals surface area (Å²) in [5.74, 6) is 0.971. The van der Waals surface area contributed by atoms with Gasteiger partial charge < -0.3 is 10.6 Å². The molecule has 1 aliphatic heterocycles. The Bertz CT molecular complexity index is 484. The van der Waals surface area contributed by atoms with E-state index in [4.69, 9.17) is 18.0 Å². The molecule has 0 radical (unpaired) electrons. The molecular weight excluding hydrogens is 266 g/mol. The minimum atomic E-state index is 0.452. The topological polar surface area (TPSA) is 42.2 Å². The quantitative estimate of drug-likeness (QED) is 0.863. The summed E-state index contributed by atoms with van der Waals surface area (Å²) in [4.78, 5) is 7.35. The molecule has 1 aromatic rings. The van der Waals surface area contributed by atoms with Crippen molar-refractivity contribution in [3.63, 3.8) is 0 Å². The smallest absolute Gasteiger partial charge is 0.139 e. The van der Waals surface area contributed by atoms with Crippen molar-refractivity contribution in [2.45, 2.75) is 46.5 Å². The first-order chi connectivity index (χ1) is 9.53. The lowest BCUT2D eigenvalue weighted by Crippen LogP contribution is -2.41. The second kappa shape index (κ2) is 6.08. The minimum Gasteiger partial charge on any atom is -0.389 e. The Morgan fingerprint density at radius 2 is 1.95 bits per heavy atom. The number of thiocarbonyl (C=S) groups is 1. The fourth-order valence-electron chi connectivity index (χ4n) is 3.24. The second-order valence-electron chi connectivity index (χ2n) is 5.88. The Hall–Kier alpha value is -1.16. The number of rotatable bonds is 4. The summed E-state index contributed by atoms with van der Waals surface area (Å²) in [6.07, 6.45) is 6.84. The van der Waals surface area contributed by atoms with Gasteiger partial charge in [0.05, 0.1) is 5.56 Å². The molecule has 1 aromatic heterocycles. The zero-order chi connectivity index (χ0) is 14.8. The van der Waals surface area contributed by atoms with Crippen LogP contribution in [0.5, 0.6) is 0 Å². The second-order valence-corrected chi connectivity index (χ2v) is 6.32. The summed E-state index contributed by atoms with van der Waals surface area (Å²) in [7, 11) is 0. The maximum absolute atomic E-state index is 5.89. The Kier molecular flexibility index (Phi) is 4.63. The predicted octanol–water partition coefficient (Wildman–Crippen LogP) is 3.43. The Balaban J connectivity index is 2.23. The summed E-state index contributed by atoms with van der Waals surface area (Å²) in [5.41, 5.74) is 8.47. The molecule has 0 bridgehead atoms. The van der Waals surface area contributed by atoms with Crippen molar-refractivity contribution in [3.8, 4) is 0 Å². The maximum atomic E-state index is 5.89. The molecule has 0 aromatic carbocycles. The van der Waals surface area contributed by atoms with Gasteiger partial charge in [0.25, 0.3) is 0 Å². The fraction of sp³-hybridized carbons (Fsp3) is 0.625. The van der Waals surface area contributed by atoms with Gasteiger partial charge in [0, 0.05) is 19.3 Å². The maximum Gasteiger partial charge on any atom is 0.139 e. The van der Waals surface area contributed by atoms with Gasteiger partial charge in [0.2, 0.25) is 0 Å². The number of aryl methyl sites for hydroxylation is 1. The van der Waals surface area contributed by atoms with Crippen molar-refractivity contribution in [3.05, 3.63) is 23.4 Å². The fourth-order valence-corrected chi connectivity index (χ4v) is 3.49. The molecule has 2 heterocycles. The van der Waals surface area contributed by atoms with Gasteiger partial charge in [-0.15, -0.1) is 0 Å². The van der Waals surface area contributed by atoms with Gasteiger partial charge in [-0.25, -0.2) is 4.98 Å². The first-order valence-electron chi connectivity index (χ1n) is 7.53. The molecule has 2 rings (SSSR count). The highest BCUT2D eigenvalue weighted by Crippen LogP contribution is 2.39. The highest BCUT2D eigenvalue weighted by molar-refractivity contribution is 7.80. The van der Waals surface area contributed by atoms with Gasteiger partial charge in [-0.2, -0.15) is 0 Å². The van der Waals surface area contributed by atoms with E-state index in [0.717, 1.165) is 30.0 Å². The average molecular weight is 291 g/mol. The van der Waals surface area contributed by atoms with Crippen LogP contribution >= 0.6 is 12.2 Å². The first kappa shape index (κ1) is 15.2. The van der Waals surface area contributed by atoms with Gasteiger partial charge in [-0.05, 0) is 36.8 Å². The van der Waals surface area contributed by atoms with Crippen molar-refractivity contribution in [2.75, 3.05) is 18.0 Å². The summed E-state index contributed by atoms with van der Waals surface area (Å²) >= 11 is 5.21. The Morgan fingerprint density at radius 3 is 2.45 bits per heavy atom. The van der Waals surface area contributed by atoms with Crippen LogP contribution in [0.1, 0.15) is 50.7 Å². The van der Waals surface area contributed by atoms with E-state index in [2.05, 4.69) is 23.7 Å². The number of anilines is 1. The first-order valence-corrected chi connectivity index (χ1v) is 7.94. The van der Waals surface area contributed by atoms with Crippen LogP contribution < -0.4 is 10.6 Å². The summed E-state index contributed by atoms with van der Waals surface area (Å²) in [5, 5.41) is 0. The third-order valence-electron chi connectivity index (χ3n) is 5.01. The summed E-state index contributed by atoms with van der Waals surface area (Å²) < 4.78 is 0. The van der Waals surface area contributed by atoms with Gasteiger partial charge in [0.15, 0.2) is 0 Å². The van der Waals surface area contributed by atoms with Crippen molar-refractivity contribution in [1.82, 2.24) is 4.98 Å². The molecule has 0 atom stereocenters.